The maximum Gasteiger partial charge on any atom is 0.0664 e. The summed E-state index contributed by atoms with van der Waals surface area (Å²) in [5.74, 6) is 0. The van der Waals surface area contributed by atoms with Crippen LogP contribution in [0.25, 0.3) is 0 Å². The van der Waals surface area contributed by atoms with Crippen LogP contribution in [0, 0.1) is 0 Å². The molecule has 0 aliphatic carbocycles. The Morgan fingerprint density at radius 1 is 0.286 bits per heavy atom. The van der Waals surface area contributed by atoms with Crippen LogP contribution in [-0.2, 0) is 66.0 Å². The van der Waals surface area contributed by atoms with Gasteiger partial charge in [-0.05, 0) is 207 Å². The topological polar surface area (TPSA) is 211 Å². The molecule has 9 N–H and O–H groups in total. The standard InChI is InChI=1S/C10H23NO.2C9H21NO.5C7H17NO.C6H15NO.4Ni/c1-6-9(12)8-11(7-2)10(3,4)5;1-5-9(11)7-10(6-2)8(3)4;1-4-7-10(6-3)8-9(11)5-2;1-4-7(9)6-8(3)5-2;4*1-4-8(5-2)6-7(3)9;1-4-6(8)5-7(2)3;;;;/h9,12H,6-8H2,1-5H3;8-9,11H,5-7H2,1-4H3;9,11H,4-8H2,1-3H3;5*7,9H,4-6H2,1-3H3;6,8H,4-5H2,1-3H3;;;;. The molecule has 0 saturated heterocycles. The Kier molecular flexibility index (Phi) is 117. The van der Waals surface area contributed by atoms with Crippen molar-refractivity contribution in [2.75, 3.05) is 165 Å². The fraction of sp³-hybridized carbons (Fsp3) is 1.00. The van der Waals surface area contributed by atoms with Crippen LogP contribution in [0.15, 0.2) is 0 Å². The molecule has 0 aromatic carbocycles. The summed E-state index contributed by atoms with van der Waals surface area (Å²) in [4.78, 5) is 19.7. The van der Waals surface area contributed by atoms with Crippen molar-refractivity contribution in [1.29, 1.82) is 0 Å². The molecule has 9 unspecified atom stereocenters. The van der Waals surface area contributed by atoms with Crippen molar-refractivity contribution in [2.24, 2.45) is 0 Å². The predicted octanol–water partition coefficient (Wildman–Crippen LogP) is 8.71. The molecule has 0 spiro atoms. The number of rotatable bonds is 38. The largest absolute Gasteiger partial charge is 0.392 e. The van der Waals surface area contributed by atoms with Crippen LogP contribution >= 0.6 is 0 Å². The summed E-state index contributed by atoms with van der Waals surface area (Å²) in [6.45, 7) is 76.2. The van der Waals surface area contributed by atoms with Crippen LogP contribution in [0.3, 0.4) is 0 Å². The summed E-state index contributed by atoms with van der Waals surface area (Å²) in [6, 6.07) is 0.543. The van der Waals surface area contributed by atoms with Crippen LogP contribution in [0.2, 0.25) is 0 Å². The van der Waals surface area contributed by atoms with E-state index < -0.39 is 0 Å². The van der Waals surface area contributed by atoms with Crippen LogP contribution in [0.1, 0.15) is 225 Å². The second-order valence-corrected chi connectivity index (χ2v) is 24.6. The van der Waals surface area contributed by atoms with E-state index in [1.54, 1.807) is 0 Å². The van der Waals surface area contributed by atoms with Crippen molar-refractivity contribution in [2.45, 2.75) is 292 Å². The van der Waals surface area contributed by atoms with E-state index in [0.29, 0.717) is 6.04 Å². The number of aliphatic hydroxyl groups is 9. The molecule has 580 valence electrons. The molecule has 0 fully saturated rings. The number of hydrogen-bond donors (Lipinski definition) is 9. The Hall–Kier alpha value is 1.25. The maximum atomic E-state index is 9.48. The van der Waals surface area contributed by atoms with Gasteiger partial charge in [-0.3, -0.25) is 9.80 Å². The van der Waals surface area contributed by atoms with Crippen LogP contribution in [0.5, 0.6) is 0 Å². The molecule has 0 aromatic heterocycles. The average Bonchev–Trinajstić information content (AvgIpc) is 3.47. The first-order valence-corrected chi connectivity index (χ1v) is 35.0. The molecule has 0 aliphatic rings. The molecular formula is C69H165N9Ni4O9. The van der Waals surface area contributed by atoms with Gasteiger partial charge in [0.05, 0.1) is 54.9 Å². The van der Waals surface area contributed by atoms with Gasteiger partial charge in [-0.1, -0.05) is 125 Å². The van der Waals surface area contributed by atoms with Gasteiger partial charge in [0.15, 0.2) is 0 Å². The van der Waals surface area contributed by atoms with E-state index in [2.05, 4.69) is 164 Å². The molecule has 18 nitrogen and oxygen atoms in total. The predicted molar refractivity (Wildman–Crippen MR) is 383 cm³/mol. The molecule has 91 heavy (non-hydrogen) atoms. The monoisotopic (exact) mass is 1500 g/mol. The normalized spacial score (nSPS) is 13.8. The van der Waals surface area contributed by atoms with E-state index in [9.17, 15) is 15.3 Å². The third-order valence-corrected chi connectivity index (χ3v) is 14.5. The van der Waals surface area contributed by atoms with Crippen molar-refractivity contribution in [3.8, 4) is 0 Å². The van der Waals surface area contributed by atoms with Gasteiger partial charge in [0.2, 0.25) is 0 Å². The molecule has 22 heteroatoms. The zero-order valence-electron chi connectivity index (χ0n) is 65.4. The molecule has 0 saturated carbocycles. The maximum absolute atomic E-state index is 9.48. The van der Waals surface area contributed by atoms with Gasteiger partial charge in [-0.15, -0.1) is 0 Å². The molecule has 0 aliphatic heterocycles. The zero-order valence-corrected chi connectivity index (χ0v) is 69.3. The first-order chi connectivity index (χ1) is 40.4. The Bertz CT molecular complexity index is 1170. The second-order valence-electron chi connectivity index (χ2n) is 24.6. The SMILES string of the molecule is CCC(O)CN(C)C.CCC(O)CN(C)CC.CCC(O)CN(CC)C(C)(C)C.CCC(O)CN(CC)C(C)C.CCCN(CC)CC(O)CC.CCN(CC)CC(C)O.CCN(CC)CC(C)O.CCN(CC)CC(C)O.CCN(CC)CC(C)O.[Ni].[Ni].[Ni].[Ni]. The quantitative estimate of drug-likeness (QED) is 0.0265. The summed E-state index contributed by atoms with van der Waals surface area (Å²) in [7, 11) is 5.93. The molecule has 9 atom stereocenters. The van der Waals surface area contributed by atoms with E-state index in [1.165, 1.54) is 6.42 Å². The van der Waals surface area contributed by atoms with E-state index in [-0.39, 0.29) is 126 Å². The van der Waals surface area contributed by atoms with E-state index in [4.69, 9.17) is 30.6 Å². The molecule has 0 rings (SSSR count). The molecule has 0 heterocycles. The Labute approximate surface area is 609 Å². The minimum Gasteiger partial charge on any atom is -0.392 e. The van der Waals surface area contributed by atoms with Crippen LogP contribution < -0.4 is 0 Å². The van der Waals surface area contributed by atoms with Gasteiger partial charge in [0, 0.05) is 136 Å². The average molecular weight is 1500 g/mol. The van der Waals surface area contributed by atoms with Crippen molar-refractivity contribution >= 4 is 0 Å². The number of likely N-dealkylation sites (N-methyl/N-ethyl adjacent to an activating group) is 9. The van der Waals surface area contributed by atoms with Crippen molar-refractivity contribution in [1.82, 2.24) is 44.1 Å². The van der Waals surface area contributed by atoms with Gasteiger partial charge in [0.1, 0.15) is 0 Å². The molecule has 0 amide bonds. The third kappa shape index (κ3) is 102. The van der Waals surface area contributed by atoms with Gasteiger partial charge < -0.3 is 80.3 Å². The summed E-state index contributed by atoms with van der Waals surface area (Å²) in [5, 5.41) is 82.1. The smallest absolute Gasteiger partial charge is 0.0664 e. The first-order valence-electron chi connectivity index (χ1n) is 35.0. The molecular weight excluding hydrogens is 1330 g/mol. The summed E-state index contributed by atoms with van der Waals surface area (Å²) >= 11 is 0. The van der Waals surface area contributed by atoms with E-state index in [0.717, 1.165) is 176 Å². The summed E-state index contributed by atoms with van der Waals surface area (Å²) in [5.41, 5.74) is 0.172. The number of β-amino-alcohol motifs (C(OH)–C–C–N with tert-alkyl or cyclic N) is 1. The fourth-order valence-electron chi connectivity index (χ4n) is 8.08. The first kappa shape index (κ1) is 122. The molecule has 0 radical (unpaired) electrons. The second kappa shape index (κ2) is 87.3. The molecule has 0 aromatic rings. The summed E-state index contributed by atoms with van der Waals surface area (Å²) < 4.78 is 0. The zero-order chi connectivity index (χ0) is 70.3. The third-order valence-electron chi connectivity index (χ3n) is 14.5. The van der Waals surface area contributed by atoms with Gasteiger partial charge in [-0.2, -0.15) is 0 Å². The number of nitrogens with zero attached hydrogens (tertiary/aromatic N) is 9. The Morgan fingerprint density at radius 3 is 0.703 bits per heavy atom. The van der Waals surface area contributed by atoms with Gasteiger partial charge in [0.25, 0.3) is 0 Å². The fourth-order valence-corrected chi connectivity index (χ4v) is 8.08. The number of hydrogen-bond acceptors (Lipinski definition) is 18. The minimum absolute atomic E-state index is 0. The van der Waals surface area contributed by atoms with Crippen LogP contribution in [-0.4, -0.2) is 322 Å². The number of aliphatic hydroxyl groups excluding tert-OH is 9. The van der Waals surface area contributed by atoms with Gasteiger partial charge >= 0.3 is 0 Å². The van der Waals surface area contributed by atoms with E-state index in [1.807, 2.05) is 88.4 Å². The minimum atomic E-state index is -0.190. The van der Waals surface area contributed by atoms with Crippen molar-refractivity contribution < 1.29 is 112 Å². The summed E-state index contributed by atoms with van der Waals surface area (Å²) in [6.07, 6.45) is 3.90. The van der Waals surface area contributed by atoms with Crippen molar-refractivity contribution in [3.05, 3.63) is 0 Å². The van der Waals surface area contributed by atoms with Gasteiger partial charge in [-0.25, -0.2) is 0 Å². The molecule has 0 bridgehead atoms. The van der Waals surface area contributed by atoms with Crippen molar-refractivity contribution in [3.63, 3.8) is 0 Å². The Balaban J connectivity index is -0.0000000682. The Morgan fingerprint density at radius 2 is 0.538 bits per heavy atom. The van der Waals surface area contributed by atoms with Crippen LogP contribution in [0.4, 0.5) is 0 Å². The van der Waals surface area contributed by atoms with E-state index >= 15 is 0 Å².